The normalized spacial score (nSPS) is 16.2. The average molecular weight is 574 g/mol. The molecule has 0 unspecified atom stereocenters. The molecule has 3 heterocycles. The lowest BCUT2D eigenvalue weighted by molar-refractivity contribution is -0.128. The van der Waals surface area contributed by atoms with E-state index in [4.69, 9.17) is 0 Å². The summed E-state index contributed by atoms with van der Waals surface area (Å²) in [7, 11) is 0. The van der Waals surface area contributed by atoms with Gasteiger partial charge < -0.3 is 20.6 Å². The number of aromatic amines is 1. The first-order valence-corrected chi connectivity index (χ1v) is 14.6. The molecule has 2 atom stereocenters. The number of rotatable bonds is 10. The highest BCUT2D eigenvalue weighted by atomic mass is 32.1. The third-order valence-corrected chi connectivity index (χ3v) is 8.15. The Hall–Kier alpha value is -3.93. The molecule has 0 fully saturated rings. The number of aliphatic hydroxyl groups is 1. The molecule has 41 heavy (non-hydrogen) atoms. The standard InChI is InChI=1S/C30H35N7O3S/c1-19(38)17-31-30(2,3)16-27(39)32-24-12-13-26-25(14-15-41-26)37(29(24)40)18-20-8-10-21(11-9-20)22-6-4-5-7-23(22)28-33-35-36-34-28/h4-11,14-15,19,24,31,38H,12-13,16-18H2,1-3H3,(H,32,39)(H,33,34,35,36)/t19-,24-/m1/s1. The maximum absolute atomic E-state index is 13.8. The van der Waals surface area contributed by atoms with Crippen molar-refractivity contribution in [3.05, 3.63) is 70.4 Å². The summed E-state index contributed by atoms with van der Waals surface area (Å²) in [5.74, 6) is 0.291. The van der Waals surface area contributed by atoms with Crippen LogP contribution in [0.15, 0.2) is 60.0 Å². The maximum atomic E-state index is 13.8. The van der Waals surface area contributed by atoms with E-state index in [-0.39, 0.29) is 18.2 Å². The number of tetrazole rings is 1. The Bertz CT molecular complexity index is 1480. The van der Waals surface area contributed by atoms with Gasteiger partial charge in [-0.25, -0.2) is 5.10 Å². The van der Waals surface area contributed by atoms with Gasteiger partial charge in [0.05, 0.1) is 18.3 Å². The van der Waals surface area contributed by atoms with Crippen LogP contribution in [0.25, 0.3) is 22.5 Å². The molecule has 11 heteroatoms. The highest BCUT2D eigenvalue weighted by Crippen LogP contribution is 2.34. The molecule has 1 aliphatic rings. The molecular formula is C30H35N7O3S. The predicted octanol–water partition coefficient (Wildman–Crippen LogP) is 3.70. The zero-order valence-corrected chi connectivity index (χ0v) is 24.2. The molecule has 214 valence electrons. The van der Waals surface area contributed by atoms with E-state index in [1.807, 2.05) is 73.8 Å². The summed E-state index contributed by atoms with van der Waals surface area (Å²) in [4.78, 5) is 29.8. The van der Waals surface area contributed by atoms with Gasteiger partial charge in [0.15, 0.2) is 5.82 Å². The lowest BCUT2D eigenvalue weighted by atomic mass is 9.98. The van der Waals surface area contributed by atoms with Crippen LogP contribution < -0.4 is 15.5 Å². The second-order valence-electron chi connectivity index (χ2n) is 11.1. The Morgan fingerprint density at radius 2 is 1.93 bits per heavy atom. The van der Waals surface area contributed by atoms with E-state index in [0.29, 0.717) is 25.3 Å². The quantitative estimate of drug-likeness (QED) is 0.227. The zero-order valence-electron chi connectivity index (χ0n) is 23.4. The van der Waals surface area contributed by atoms with Crippen molar-refractivity contribution in [2.24, 2.45) is 0 Å². The Morgan fingerprint density at radius 1 is 1.17 bits per heavy atom. The summed E-state index contributed by atoms with van der Waals surface area (Å²) in [5.41, 5.74) is 4.28. The van der Waals surface area contributed by atoms with Crippen LogP contribution in [-0.2, 0) is 22.6 Å². The Morgan fingerprint density at radius 3 is 2.63 bits per heavy atom. The average Bonchev–Trinajstić information content (AvgIpc) is 3.64. The molecule has 0 radical (unpaired) electrons. The van der Waals surface area contributed by atoms with Crippen LogP contribution in [0, 0.1) is 0 Å². The smallest absolute Gasteiger partial charge is 0.249 e. The highest BCUT2D eigenvalue weighted by Gasteiger charge is 2.33. The summed E-state index contributed by atoms with van der Waals surface area (Å²) >= 11 is 1.64. The van der Waals surface area contributed by atoms with Crippen LogP contribution in [0.5, 0.6) is 0 Å². The minimum Gasteiger partial charge on any atom is -0.392 e. The zero-order chi connectivity index (χ0) is 29.0. The number of H-pyrrole nitrogens is 1. The molecule has 2 aromatic carbocycles. The molecule has 0 saturated carbocycles. The van der Waals surface area contributed by atoms with Crippen LogP contribution in [0.4, 0.5) is 5.69 Å². The van der Waals surface area contributed by atoms with Crippen LogP contribution in [0.2, 0.25) is 0 Å². The fraction of sp³-hybridized carbons (Fsp3) is 0.367. The third kappa shape index (κ3) is 6.87. The van der Waals surface area contributed by atoms with Crippen molar-refractivity contribution in [2.45, 2.75) is 64.3 Å². The van der Waals surface area contributed by atoms with Gasteiger partial charge in [0, 0.05) is 28.9 Å². The highest BCUT2D eigenvalue weighted by molar-refractivity contribution is 7.10. The molecule has 2 aromatic heterocycles. The van der Waals surface area contributed by atoms with E-state index >= 15 is 0 Å². The summed E-state index contributed by atoms with van der Waals surface area (Å²) in [6, 6.07) is 17.4. The summed E-state index contributed by atoms with van der Waals surface area (Å²) in [6.07, 6.45) is 0.944. The monoisotopic (exact) mass is 573 g/mol. The van der Waals surface area contributed by atoms with Crippen molar-refractivity contribution < 1.29 is 14.7 Å². The lowest BCUT2D eigenvalue weighted by Gasteiger charge is -2.29. The topological polar surface area (TPSA) is 136 Å². The van der Waals surface area contributed by atoms with Gasteiger partial charge in [0.25, 0.3) is 0 Å². The summed E-state index contributed by atoms with van der Waals surface area (Å²) in [5, 5.41) is 32.1. The van der Waals surface area contributed by atoms with Gasteiger partial charge in [-0.05, 0) is 72.2 Å². The number of fused-ring (bicyclic) bond motifs is 1. The number of β-amino-alcohol motifs (C(OH)–C–C–N with tert-alkyl or cyclic N) is 1. The minimum atomic E-state index is -0.615. The summed E-state index contributed by atoms with van der Waals surface area (Å²) < 4.78 is 0. The molecule has 0 bridgehead atoms. The first-order valence-electron chi connectivity index (χ1n) is 13.7. The lowest BCUT2D eigenvalue weighted by Crippen LogP contribution is -2.51. The van der Waals surface area contributed by atoms with Gasteiger partial charge in [-0.2, -0.15) is 0 Å². The van der Waals surface area contributed by atoms with Crippen molar-refractivity contribution in [2.75, 3.05) is 11.4 Å². The molecule has 0 saturated heterocycles. The maximum Gasteiger partial charge on any atom is 0.249 e. The number of benzene rings is 2. The Labute approximate surface area is 243 Å². The molecule has 1 aliphatic heterocycles. The fourth-order valence-electron chi connectivity index (χ4n) is 5.08. The number of hydrogen-bond donors (Lipinski definition) is 4. The molecule has 0 aliphatic carbocycles. The number of carbonyl (C=O) groups excluding carboxylic acids is 2. The van der Waals surface area contributed by atoms with Gasteiger partial charge in [-0.3, -0.25) is 9.59 Å². The van der Waals surface area contributed by atoms with Gasteiger partial charge in [-0.1, -0.05) is 48.5 Å². The largest absolute Gasteiger partial charge is 0.392 e. The molecule has 0 spiro atoms. The SMILES string of the molecule is C[C@@H](O)CNC(C)(C)CC(=O)N[C@@H]1CCc2sccc2N(Cc2ccc(-c3ccccc3-c3nnn[nH]3)cc2)C1=O. The number of thiophene rings is 1. The van der Waals surface area contributed by atoms with Crippen molar-refractivity contribution in [1.29, 1.82) is 0 Å². The molecule has 5 rings (SSSR count). The van der Waals surface area contributed by atoms with Gasteiger partial charge >= 0.3 is 0 Å². The second kappa shape index (κ2) is 12.3. The van der Waals surface area contributed by atoms with E-state index in [0.717, 1.165) is 39.2 Å². The van der Waals surface area contributed by atoms with E-state index < -0.39 is 17.7 Å². The van der Waals surface area contributed by atoms with Gasteiger partial charge in [0.1, 0.15) is 6.04 Å². The Balaban J connectivity index is 1.32. The number of aryl methyl sites for hydroxylation is 1. The molecule has 10 nitrogen and oxygen atoms in total. The van der Waals surface area contributed by atoms with Crippen molar-refractivity contribution in [3.8, 4) is 22.5 Å². The van der Waals surface area contributed by atoms with Crippen LogP contribution in [0.1, 0.15) is 44.1 Å². The number of hydrogen-bond acceptors (Lipinski definition) is 8. The number of anilines is 1. The molecular weight excluding hydrogens is 538 g/mol. The van der Waals surface area contributed by atoms with E-state index in [9.17, 15) is 14.7 Å². The van der Waals surface area contributed by atoms with Crippen molar-refractivity contribution in [3.63, 3.8) is 0 Å². The van der Waals surface area contributed by atoms with Crippen LogP contribution >= 0.6 is 11.3 Å². The first-order chi connectivity index (χ1) is 19.7. The van der Waals surface area contributed by atoms with Crippen LogP contribution in [0.3, 0.4) is 0 Å². The number of nitrogens with one attached hydrogen (secondary N) is 3. The number of aliphatic hydroxyl groups excluding tert-OH is 1. The third-order valence-electron chi connectivity index (χ3n) is 7.18. The van der Waals surface area contributed by atoms with E-state index in [1.54, 1.807) is 23.2 Å². The molecule has 4 aromatic rings. The van der Waals surface area contributed by atoms with Crippen molar-refractivity contribution >= 4 is 28.8 Å². The minimum absolute atomic E-state index is 0.113. The van der Waals surface area contributed by atoms with Crippen LogP contribution in [-0.4, -0.2) is 61.8 Å². The Kier molecular flexibility index (Phi) is 8.57. The predicted molar refractivity (Wildman–Crippen MR) is 159 cm³/mol. The van der Waals surface area contributed by atoms with Gasteiger partial charge in [-0.15, -0.1) is 16.4 Å². The first kappa shape index (κ1) is 28.6. The summed E-state index contributed by atoms with van der Waals surface area (Å²) in [6.45, 7) is 6.31. The number of aromatic nitrogens is 4. The second-order valence-corrected chi connectivity index (χ2v) is 12.1. The van der Waals surface area contributed by atoms with Gasteiger partial charge in [0.2, 0.25) is 11.8 Å². The van der Waals surface area contributed by atoms with E-state index in [1.165, 1.54) is 0 Å². The number of nitrogens with zero attached hydrogens (tertiary/aromatic N) is 4. The number of amides is 2. The molecule has 4 N–H and O–H groups in total. The number of carbonyl (C=O) groups is 2. The van der Waals surface area contributed by atoms with E-state index in [2.05, 4.69) is 31.3 Å². The molecule has 2 amide bonds. The van der Waals surface area contributed by atoms with Crippen molar-refractivity contribution in [1.82, 2.24) is 31.3 Å². The fourth-order valence-corrected chi connectivity index (χ4v) is 5.98.